The molecule has 220 valence electrons. The Balaban J connectivity index is 1.40. The molecular weight excluding hydrogens is 516 g/mol. The van der Waals surface area contributed by atoms with Crippen LogP contribution in [-0.2, 0) is 9.53 Å². The van der Waals surface area contributed by atoms with E-state index in [1.807, 2.05) is 51.1 Å². The summed E-state index contributed by atoms with van der Waals surface area (Å²) in [6.45, 7) is 6.35. The first-order valence-corrected chi connectivity index (χ1v) is 15.2. The van der Waals surface area contributed by atoms with Crippen molar-refractivity contribution in [2.75, 3.05) is 6.61 Å². The van der Waals surface area contributed by atoms with E-state index in [-0.39, 0.29) is 12.4 Å². The van der Waals surface area contributed by atoms with E-state index in [4.69, 9.17) is 14.6 Å². The van der Waals surface area contributed by atoms with E-state index in [9.17, 15) is 9.59 Å². The maximum Gasteiger partial charge on any atom is 0.338 e. The Hall–Kier alpha value is -3.48. The zero-order valence-electron chi connectivity index (χ0n) is 24.8. The lowest BCUT2D eigenvalue weighted by Crippen LogP contribution is -2.24. The van der Waals surface area contributed by atoms with Gasteiger partial charge in [-0.1, -0.05) is 51.0 Å². The second-order valence-electron chi connectivity index (χ2n) is 12.2. The predicted octanol–water partition coefficient (Wildman–Crippen LogP) is 8.49. The Morgan fingerprint density at radius 2 is 1.61 bits per heavy atom. The third kappa shape index (κ3) is 9.00. The number of hydrogen-bond donors (Lipinski definition) is 1. The first kappa shape index (κ1) is 30.5. The van der Waals surface area contributed by atoms with Crippen LogP contribution in [0.3, 0.4) is 0 Å². The van der Waals surface area contributed by atoms with Crippen molar-refractivity contribution < 1.29 is 24.2 Å². The van der Waals surface area contributed by atoms with Gasteiger partial charge in [0, 0.05) is 23.4 Å². The lowest BCUT2D eigenvalue weighted by molar-refractivity contribution is -0.137. The number of esters is 1. The van der Waals surface area contributed by atoms with Gasteiger partial charge in [-0.2, -0.15) is 0 Å². The van der Waals surface area contributed by atoms with E-state index in [0.717, 1.165) is 91.3 Å². The Morgan fingerprint density at radius 1 is 0.902 bits per heavy atom. The predicted molar refractivity (Wildman–Crippen MR) is 161 cm³/mol. The minimum absolute atomic E-state index is 0.268. The SMILES string of the molecule is CC(C)(C)OC(=O)c1ccc(-c2ncnc3cc(OCCCCCCCCCC(=O)O)ccc23)cc1C1CCCC1. The number of ether oxygens (including phenoxy) is 2. The summed E-state index contributed by atoms with van der Waals surface area (Å²) in [6, 6.07) is 12.0. The van der Waals surface area contributed by atoms with Crippen molar-refractivity contribution in [3.8, 4) is 17.0 Å². The normalized spacial score (nSPS) is 13.9. The second-order valence-corrected chi connectivity index (χ2v) is 12.2. The molecule has 1 heterocycles. The number of unbranched alkanes of at least 4 members (excludes halogenated alkanes) is 6. The molecule has 1 aliphatic carbocycles. The lowest BCUT2D eigenvalue weighted by atomic mass is 9.90. The number of carbonyl (C=O) groups excluding carboxylic acids is 1. The first-order valence-electron chi connectivity index (χ1n) is 15.2. The minimum atomic E-state index is -0.707. The van der Waals surface area contributed by atoms with Gasteiger partial charge >= 0.3 is 11.9 Å². The molecule has 0 bridgehead atoms. The van der Waals surface area contributed by atoms with Gasteiger partial charge in [0.1, 0.15) is 17.7 Å². The molecule has 0 unspecified atom stereocenters. The van der Waals surface area contributed by atoms with Crippen LogP contribution in [0.1, 0.15) is 120 Å². The molecular formula is C34H44N2O5. The average molecular weight is 561 g/mol. The highest BCUT2D eigenvalue weighted by molar-refractivity contribution is 5.95. The smallest absolute Gasteiger partial charge is 0.338 e. The summed E-state index contributed by atoms with van der Waals surface area (Å²) in [5.74, 6) is 0.169. The van der Waals surface area contributed by atoms with Crippen molar-refractivity contribution in [3.05, 3.63) is 53.9 Å². The van der Waals surface area contributed by atoms with E-state index < -0.39 is 11.6 Å². The molecule has 0 atom stereocenters. The van der Waals surface area contributed by atoms with Crippen molar-refractivity contribution in [1.29, 1.82) is 0 Å². The Labute approximate surface area is 243 Å². The minimum Gasteiger partial charge on any atom is -0.494 e. The number of aliphatic carboxylic acids is 1. The average Bonchev–Trinajstić information content (AvgIpc) is 3.47. The molecule has 0 aliphatic heterocycles. The fourth-order valence-corrected chi connectivity index (χ4v) is 5.61. The quantitative estimate of drug-likeness (QED) is 0.156. The van der Waals surface area contributed by atoms with Gasteiger partial charge in [0.25, 0.3) is 0 Å². The molecule has 7 heteroatoms. The second kappa shape index (κ2) is 14.4. The topological polar surface area (TPSA) is 98.6 Å². The number of rotatable bonds is 14. The van der Waals surface area contributed by atoms with Gasteiger partial charge in [-0.05, 0) is 82.2 Å². The number of carboxylic acids is 1. The molecule has 1 saturated carbocycles. The summed E-state index contributed by atoms with van der Waals surface area (Å²) in [7, 11) is 0. The molecule has 1 N–H and O–H groups in total. The van der Waals surface area contributed by atoms with Crippen molar-refractivity contribution in [3.63, 3.8) is 0 Å². The maximum absolute atomic E-state index is 13.1. The zero-order chi connectivity index (χ0) is 29.2. The highest BCUT2D eigenvalue weighted by Crippen LogP contribution is 2.39. The van der Waals surface area contributed by atoms with E-state index in [2.05, 4.69) is 16.0 Å². The molecule has 0 radical (unpaired) electrons. The van der Waals surface area contributed by atoms with Gasteiger partial charge in [-0.25, -0.2) is 14.8 Å². The van der Waals surface area contributed by atoms with Gasteiger partial charge in [0.15, 0.2) is 0 Å². The summed E-state index contributed by atoms with van der Waals surface area (Å²) < 4.78 is 11.8. The number of hydrogen-bond acceptors (Lipinski definition) is 6. The van der Waals surface area contributed by atoms with Crippen LogP contribution in [0.25, 0.3) is 22.2 Å². The molecule has 2 aromatic carbocycles. The Morgan fingerprint density at radius 3 is 2.32 bits per heavy atom. The standard InChI is InChI=1S/C34H44N2O5/c1-34(2,3)41-33(39)27-18-16-25(21-29(27)24-13-10-11-14-24)32-28-19-17-26(22-30(28)35-23-36-32)40-20-12-8-6-4-5-7-9-15-31(37)38/h16-19,21-24H,4-15,20H2,1-3H3,(H,37,38). The van der Waals surface area contributed by atoms with Crippen LogP contribution in [0.5, 0.6) is 5.75 Å². The molecule has 3 aromatic rings. The van der Waals surface area contributed by atoms with Gasteiger partial charge in [0.2, 0.25) is 0 Å². The summed E-state index contributed by atoms with van der Waals surface area (Å²) in [5.41, 5.74) is 3.82. The van der Waals surface area contributed by atoms with E-state index in [0.29, 0.717) is 18.1 Å². The zero-order valence-corrected chi connectivity index (χ0v) is 24.8. The molecule has 0 amide bonds. The van der Waals surface area contributed by atoms with Crippen LogP contribution in [-0.4, -0.2) is 39.2 Å². The third-order valence-corrected chi connectivity index (χ3v) is 7.65. The van der Waals surface area contributed by atoms with Crippen molar-refractivity contribution in [1.82, 2.24) is 9.97 Å². The monoisotopic (exact) mass is 560 g/mol. The highest BCUT2D eigenvalue weighted by Gasteiger charge is 2.26. The van der Waals surface area contributed by atoms with Crippen LogP contribution in [0.2, 0.25) is 0 Å². The van der Waals surface area contributed by atoms with E-state index in [1.165, 1.54) is 12.8 Å². The maximum atomic E-state index is 13.1. The van der Waals surface area contributed by atoms with Crippen LogP contribution in [0, 0.1) is 0 Å². The van der Waals surface area contributed by atoms with Gasteiger partial charge < -0.3 is 14.6 Å². The number of benzene rings is 2. The van der Waals surface area contributed by atoms with E-state index >= 15 is 0 Å². The van der Waals surface area contributed by atoms with Crippen molar-refractivity contribution >= 4 is 22.8 Å². The number of carboxylic acid groups (broad SMARTS) is 1. The fraction of sp³-hybridized carbons (Fsp3) is 0.529. The Kier molecular flexibility index (Phi) is 10.7. The molecule has 1 fully saturated rings. The van der Waals surface area contributed by atoms with Crippen molar-refractivity contribution in [2.45, 2.75) is 109 Å². The van der Waals surface area contributed by atoms with Crippen LogP contribution < -0.4 is 4.74 Å². The molecule has 7 nitrogen and oxygen atoms in total. The first-order chi connectivity index (χ1) is 19.7. The molecule has 1 aromatic heterocycles. The molecule has 1 aliphatic rings. The number of nitrogens with zero attached hydrogens (tertiary/aromatic N) is 2. The lowest BCUT2D eigenvalue weighted by Gasteiger charge is -2.22. The third-order valence-electron chi connectivity index (χ3n) is 7.65. The highest BCUT2D eigenvalue weighted by atomic mass is 16.6. The number of carbonyl (C=O) groups is 2. The van der Waals surface area contributed by atoms with Gasteiger partial charge in [-0.3, -0.25) is 4.79 Å². The summed E-state index contributed by atoms with van der Waals surface area (Å²) in [4.78, 5) is 32.8. The Bertz CT molecular complexity index is 1320. The number of fused-ring (bicyclic) bond motifs is 1. The van der Waals surface area contributed by atoms with Crippen molar-refractivity contribution in [2.24, 2.45) is 0 Å². The molecule has 41 heavy (non-hydrogen) atoms. The van der Waals surface area contributed by atoms with E-state index in [1.54, 1.807) is 6.33 Å². The van der Waals surface area contributed by atoms with Crippen LogP contribution in [0.4, 0.5) is 0 Å². The largest absolute Gasteiger partial charge is 0.494 e. The van der Waals surface area contributed by atoms with Gasteiger partial charge in [-0.15, -0.1) is 0 Å². The fourth-order valence-electron chi connectivity index (χ4n) is 5.61. The summed E-state index contributed by atoms with van der Waals surface area (Å²) in [6.07, 6.45) is 13.6. The molecule has 0 saturated heterocycles. The summed E-state index contributed by atoms with van der Waals surface area (Å²) in [5, 5.41) is 9.65. The van der Waals surface area contributed by atoms with Crippen LogP contribution in [0.15, 0.2) is 42.7 Å². The number of aromatic nitrogens is 2. The molecule has 4 rings (SSSR count). The molecule has 0 spiro atoms. The summed E-state index contributed by atoms with van der Waals surface area (Å²) >= 11 is 0. The van der Waals surface area contributed by atoms with Crippen LogP contribution >= 0.6 is 0 Å². The van der Waals surface area contributed by atoms with Gasteiger partial charge in [0.05, 0.1) is 23.4 Å².